The van der Waals surface area contributed by atoms with Gasteiger partial charge in [0, 0.05) is 12.1 Å². The number of carbonyl (C=O) groups is 2. The summed E-state index contributed by atoms with van der Waals surface area (Å²) in [5.74, 6) is -0.940. The molecular weight excluding hydrogens is 374 g/mol. The van der Waals surface area contributed by atoms with Crippen LogP contribution in [0.2, 0.25) is 0 Å². The molecule has 170 valence electrons. The lowest BCUT2D eigenvalue weighted by Gasteiger charge is -2.09. The second-order valence-corrected chi connectivity index (χ2v) is 8.58. The summed E-state index contributed by atoms with van der Waals surface area (Å²) in [5.41, 5.74) is 1.72. The summed E-state index contributed by atoms with van der Waals surface area (Å²) < 4.78 is 0. The van der Waals surface area contributed by atoms with Gasteiger partial charge in [-0.05, 0) is 37.1 Å². The summed E-state index contributed by atoms with van der Waals surface area (Å²) in [6.07, 6.45) is 20.2. The first-order valence-electron chi connectivity index (χ1n) is 12.2. The van der Waals surface area contributed by atoms with E-state index < -0.39 is 5.97 Å². The number of carboxylic acid groups (broad SMARTS) is 1. The van der Waals surface area contributed by atoms with Gasteiger partial charge in [0.15, 0.2) is 0 Å². The van der Waals surface area contributed by atoms with Crippen molar-refractivity contribution in [2.24, 2.45) is 0 Å². The number of aryl methyl sites for hydroxylation is 1. The highest BCUT2D eigenvalue weighted by Gasteiger charge is 2.08. The highest BCUT2D eigenvalue weighted by atomic mass is 16.4. The van der Waals surface area contributed by atoms with Crippen molar-refractivity contribution in [3.8, 4) is 0 Å². The van der Waals surface area contributed by atoms with E-state index in [9.17, 15) is 9.59 Å². The van der Waals surface area contributed by atoms with Crippen LogP contribution in [0.5, 0.6) is 0 Å². The standard InChI is InChI=1S/C26H43NO3/c1-3-4-5-6-7-8-9-10-11-12-13-14-15-16-17-18-25(28)27-24-20-19-23(26(29)30)21-22(24)2/h19-21H,3-18H2,1-2H3,(H,27,28)(H,29,30). The number of rotatable bonds is 18. The molecule has 2 N–H and O–H groups in total. The summed E-state index contributed by atoms with van der Waals surface area (Å²) in [6.45, 7) is 4.08. The molecule has 4 heteroatoms. The molecule has 0 aliphatic heterocycles. The number of carboxylic acids is 1. The molecule has 0 unspecified atom stereocenters. The summed E-state index contributed by atoms with van der Waals surface area (Å²) >= 11 is 0. The highest BCUT2D eigenvalue weighted by Crippen LogP contribution is 2.18. The summed E-state index contributed by atoms with van der Waals surface area (Å²) in [5, 5.41) is 11.9. The van der Waals surface area contributed by atoms with Crippen LogP contribution in [-0.2, 0) is 4.79 Å². The lowest BCUT2D eigenvalue weighted by molar-refractivity contribution is -0.116. The molecule has 0 aliphatic carbocycles. The van der Waals surface area contributed by atoms with Crippen molar-refractivity contribution >= 4 is 17.6 Å². The minimum atomic E-state index is -0.950. The van der Waals surface area contributed by atoms with Crippen LogP contribution in [0.15, 0.2) is 18.2 Å². The molecule has 0 aliphatic rings. The summed E-state index contributed by atoms with van der Waals surface area (Å²) in [4.78, 5) is 23.1. The van der Waals surface area contributed by atoms with E-state index in [2.05, 4.69) is 12.2 Å². The number of unbranched alkanes of at least 4 members (excludes halogenated alkanes) is 14. The second kappa shape index (κ2) is 16.9. The summed E-state index contributed by atoms with van der Waals surface area (Å²) in [7, 11) is 0. The molecule has 1 amide bonds. The molecule has 0 aromatic heterocycles. The Labute approximate surface area is 183 Å². The molecule has 1 rings (SSSR count). The Hall–Kier alpha value is -1.84. The number of hydrogen-bond acceptors (Lipinski definition) is 2. The van der Waals surface area contributed by atoms with Crippen molar-refractivity contribution in [2.75, 3.05) is 5.32 Å². The minimum absolute atomic E-state index is 0.0101. The van der Waals surface area contributed by atoms with Gasteiger partial charge >= 0.3 is 5.97 Å². The van der Waals surface area contributed by atoms with Crippen LogP contribution in [0.4, 0.5) is 5.69 Å². The first-order valence-corrected chi connectivity index (χ1v) is 12.2. The number of anilines is 1. The van der Waals surface area contributed by atoms with E-state index in [4.69, 9.17) is 5.11 Å². The molecule has 0 fully saturated rings. The van der Waals surface area contributed by atoms with E-state index in [-0.39, 0.29) is 11.5 Å². The predicted octanol–water partition coefficient (Wildman–Crippen LogP) is 7.89. The number of hydrogen-bond donors (Lipinski definition) is 2. The lowest BCUT2D eigenvalue weighted by atomic mass is 10.0. The monoisotopic (exact) mass is 417 g/mol. The highest BCUT2D eigenvalue weighted by molar-refractivity contribution is 5.93. The van der Waals surface area contributed by atoms with Crippen LogP contribution in [0.1, 0.15) is 126 Å². The molecule has 4 nitrogen and oxygen atoms in total. The van der Waals surface area contributed by atoms with Gasteiger partial charge in [-0.25, -0.2) is 4.79 Å². The van der Waals surface area contributed by atoms with Gasteiger partial charge in [-0.3, -0.25) is 4.79 Å². The maximum Gasteiger partial charge on any atom is 0.335 e. The Morgan fingerprint density at radius 1 is 0.767 bits per heavy atom. The number of carbonyl (C=O) groups excluding carboxylic acids is 1. The molecule has 0 saturated heterocycles. The maximum absolute atomic E-state index is 12.1. The fourth-order valence-corrected chi connectivity index (χ4v) is 3.81. The molecule has 0 radical (unpaired) electrons. The van der Waals surface area contributed by atoms with E-state index in [1.807, 2.05) is 6.92 Å². The minimum Gasteiger partial charge on any atom is -0.478 e. The first kappa shape index (κ1) is 26.2. The number of nitrogens with one attached hydrogen (secondary N) is 1. The van der Waals surface area contributed by atoms with Crippen molar-refractivity contribution < 1.29 is 14.7 Å². The van der Waals surface area contributed by atoms with Crippen molar-refractivity contribution in [3.63, 3.8) is 0 Å². The van der Waals surface area contributed by atoms with Gasteiger partial charge in [-0.2, -0.15) is 0 Å². The zero-order valence-electron chi connectivity index (χ0n) is 19.3. The van der Waals surface area contributed by atoms with Crippen LogP contribution in [-0.4, -0.2) is 17.0 Å². The van der Waals surface area contributed by atoms with Crippen molar-refractivity contribution in [1.82, 2.24) is 0 Å². The third-order valence-electron chi connectivity index (χ3n) is 5.75. The van der Waals surface area contributed by atoms with Crippen LogP contribution >= 0.6 is 0 Å². The Kier molecular flexibility index (Phi) is 14.8. The molecule has 0 spiro atoms. The van der Waals surface area contributed by atoms with Gasteiger partial charge in [0.1, 0.15) is 0 Å². The summed E-state index contributed by atoms with van der Waals surface area (Å²) in [6, 6.07) is 4.78. The van der Waals surface area contributed by atoms with Gasteiger partial charge in [0.05, 0.1) is 5.56 Å². The zero-order chi connectivity index (χ0) is 22.0. The van der Waals surface area contributed by atoms with Crippen LogP contribution in [0, 0.1) is 6.92 Å². The fraction of sp³-hybridized carbons (Fsp3) is 0.692. The Morgan fingerprint density at radius 3 is 1.67 bits per heavy atom. The predicted molar refractivity (Wildman–Crippen MR) is 126 cm³/mol. The Balaban J connectivity index is 1.94. The van der Waals surface area contributed by atoms with Crippen molar-refractivity contribution in [1.29, 1.82) is 0 Å². The maximum atomic E-state index is 12.1. The van der Waals surface area contributed by atoms with E-state index in [1.54, 1.807) is 12.1 Å². The molecule has 0 bridgehead atoms. The van der Waals surface area contributed by atoms with Crippen LogP contribution in [0.3, 0.4) is 0 Å². The largest absolute Gasteiger partial charge is 0.478 e. The quantitative estimate of drug-likeness (QED) is 0.239. The van der Waals surface area contributed by atoms with E-state index in [1.165, 1.54) is 89.5 Å². The van der Waals surface area contributed by atoms with Crippen LogP contribution in [0.25, 0.3) is 0 Å². The topological polar surface area (TPSA) is 66.4 Å². The SMILES string of the molecule is CCCCCCCCCCCCCCCCCC(=O)Nc1ccc(C(=O)O)cc1C. The Morgan fingerprint density at radius 2 is 1.23 bits per heavy atom. The van der Waals surface area contributed by atoms with Gasteiger partial charge in [0.2, 0.25) is 5.91 Å². The van der Waals surface area contributed by atoms with Crippen molar-refractivity contribution in [2.45, 2.75) is 117 Å². The van der Waals surface area contributed by atoms with E-state index >= 15 is 0 Å². The first-order chi connectivity index (χ1) is 14.5. The third kappa shape index (κ3) is 12.7. The van der Waals surface area contributed by atoms with E-state index in [0.29, 0.717) is 12.1 Å². The van der Waals surface area contributed by atoms with Crippen molar-refractivity contribution in [3.05, 3.63) is 29.3 Å². The second-order valence-electron chi connectivity index (χ2n) is 8.58. The average molecular weight is 418 g/mol. The van der Waals surface area contributed by atoms with E-state index in [0.717, 1.165) is 18.4 Å². The fourth-order valence-electron chi connectivity index (χ4n) is 3.81. The van der Waals surface area contributed by atoms with Gasteiger partial charge in [0.25, 0.3) is 0 Å². The van der Waals surface area contributed by atoms with Gasteiger partial charge in [-0.1, -0.05) is 96.8 Å². The molecule has 1 aromatic rings. The molecule has 0 heterocycles. The lowest BCUT2D eigenvalue weighted by Crippen LogP contribution is -2.12. The molecule has 1 aromatic carbocycles. The van der Waals surface area contributed by atoms with Gasteiger partial charge in [-0.15, -0.1) is 0 Å². The molecule has 0 atom stereocenters. The smallest absolute Gasteiger partial charge is 0.335 e. The molecule has 30 heavy (non-hydrogen) atoms. The zero-order valence-corrected chi connectivity index (χ0v) is 19.3. The number of benzene rings is 1. The van der Waals surface area contributed by atoms with Gasteiger partial charge < -0.3 is 10.4 Å². The Bertz CT molecular complexity index is 612. The number of aromatic carboxylic acids is 1. The molecular formula is C26H43NO3. The average Bonchev–Trinajstić information content (AvgIpc) is 2.72. The normalized spacial score (nSPS) is 10.9. The third-order valence-corrected chi connectivity index (χ3v) is 5.75. The number of amides is 1. The van der Waals surface area contributed by atoms with Crippen LogP contribution < -0.4 is 5.32 Å². The molecule has 0 saturated carbocycles.